The number of amides is 10. The van der Waals surface area contributed by atoms with E-state index in [2.05, 4.69) is 36.6 Å². The van der Waals surface area contributed by atoms with Crippen LogP contribution < -0.4 is 42.4 Å². The molecule has 1 heterocycles. The summed E-state index contributed by atoms with van der Waals surface area (Å²) in [5.74, 6) is -4.99. The molecule has 80 heavy (non-hydrogen) atoms. The van der Waals surface area contributed by atoms with Crippen LogP contribution in [-0.2, 0) is 65.1 Å². The van der Waals surface area contributed by atoms with E-state index in [1.165, 1.54) is 24.0 Å². The molecule has 1 aliphatic heterocycles. The maximum absolute atomic E-state index is 14.4. The maximum atomic E-state index is 14.4. The number of urea groups is 1. The summed E-state index contributed by atoms with van der Waals surface area (Å²) >= 11 is 0. The molecule has 440 valence electrons. The number of likely N-dealkylation sites (N-methyl/N-ethyl adjacent to an activating group) is 2. The fraction of sp³-hybridized carbons (Fsp3) is 0.569. The number of nitrogens with one attached hydrogen (secondary N) is 7. The van der Waals surface area contributed by atoms with Crippen molar-refractivity contribution in [3.8, 4) is 0 Å². The number of sulfonamides is 1. The summed E-state index contributed by atoms with van der Waals surface area (Å²) in [5, 5.41) is 17.3. The molecule has 5 unspecified atom stereocenters. The SMILES string of the molecule is CNC(C(=O)NC(C(=O)N(C)C(C=C(C)C(=O)NS(=O)(=O)Cc1ccc(C2(NC(=O)C(CCCNC(N)=O)NC(=O)C(NC(=O)CCCCCN3C(=O)C=CC3=O)C(C)C)CC2)cc1)C(C)C)C(C)(C)C)C(C)(C)c1ccccc1. The van der Waals surface area contributed by atoms with E-state index in [1.54, 1.807) is 58.3 Å². The van der Waals surface area contributed by atoms with Crippen LogP contribution in [0.1, 0.15) is 137 Å². The predicted molar refractivity (Wildman–Crippen MR) is 305 cm³/mol. The van der Waals surface area contributed by atoms with Crippen LogP contribution >= 0.6 is 0 Å². The highest BCUT2D eigenvalue weighted by atomic mass is 32.2. The Morgan fingerprint density at radius 2 is 1.39 bits per heavy atom. The number of benzene rings is 2. The molecule has 2 aromatic carbocycles. The number of carbonyl (C=O) groups is 9. The Kier molecular flexibility index (Phi) is 23.3. The Labute approximate surface area is 472 Å². The molecule has 10 amide bonds. The minimum absolute atomic E-state index is 0.0581. The molecule has 1 fully saturated rings. The van der Waals surface area contributed by atoms with Gasteiger partial charge in [-0.05, 0) is 86.4 Å². The van der Waals surface area contributed by atoms with Crippen LogP contribution in [0.25, 0.3) is 0 Å². The predicted octanol–water partition coefficient (Wildman–Crippen LogP) is 3.82. The van der Waals surface area contributed by atoms with Crippen LogP contribution in [0, 0.1) is 17.3 Å². The average molecular weight is 1130 g/mol. The van der Waals surface area contributed by atoms with Crippen molar-refractivity contribution in [1.29, 1.82) is 0 Å². The van der Waals surface area contributed by atoms with Crippen LogP contribution in [0.2, 0.25) is 0 Å². The first-order valence-corrected chi connectivity index (χ1v) is 29.1. The van der Waals surface area contributed by atoms with E-state index < -0.39 is 92.0 Å². The molecule has 4 rings (SSSR count). The Hall–Kier alpha value is -6.94. The molecule has 0 saturated heterocycles. The minimum atomic E-state index is -4.25. The molecular weight excluding hydrogens is 1040 g/mol. The normalized spacial score (nSPS) is 16.3. The summed E-state index contributed by atoms with van der Waals surface area (Å²) < 4.78 is 29.2. The molecule has 1 aliphatic carbocycles. The van der Waals surface area contributed by atoms with Crippen molar-refractivity contribution in [3.63, 3.8) is 0 Å². The van der Waals surface area contributed by atoms with E-state index in [4.69, 9.17) is 5.73 Å². The quantitative estimate of drug-likeness (QED) is 0.0315. The summed E-state index contributed by atoms with van der Waals surface area (Å²) in [6, 6.07) is 11.0. The molecule has 0 bridgehead atoms. The van der Waals surface area contributed by atoms with Gasteiger partial charge in [-0.15, -0.1) is 0 Å². The van der Waals surface area contributed by atoms with Crippen LogP contribution in [-0.4, -0.2) is 129 Å². The number of nitrogens with two attached hydrogens (primary N) is 1. The van der Waals surface area contributed by atoms with Crippen molar-refractivity contribution in [2.75, 3.05) is 27.2 Å². The van der Waals surface area contributed by atoms with E-state index >= 15 is 0 Å². The number of nitrogens with zero attached hydrogens (tertiary/aromatic N) is 2. The highest BCUT2D eigenvalue weighted by molar-refractivity contribution is 7.89. The van der Waals surface area contributed by atoms with Gasteiger partial charge in [-0.2, -0.15) is 0 Å². The van der Waals surface area contributed by atoms with Gasteiger partial charge < -0.3 is 42.5 Å². The lowest BCUT2D eigenvalue weighted by atomic mass is 9.76. The second kappa shape index (κ2) is 28.5. The summed E-state index contributed by atoms with van der Waals surface area (Å²) in [6.07, 6.45) is 7.07. The first-order chi connectivity index (χ1) is 37.3. The Morgan fingerprint density at radius 1 is 0.775 bits per heavy atom. The lowest BCUT2D eigenvalue weighted by Gasteiger charge is -2.40. The van der Waals surface area contributed by atoms with E-state index in [0.717, 1.165) is 10.5 Å². The van der Waals surface area contributed by atoms with Gasteiger partial charge in [0.15, 0.2) is 0 Å². The van der Waals surface area contributed by atoms with Crippen molar-refractivity contribution < 1.29 is 51.6 Å². The molecular formula is C58H86N10O11S. The van der Waals surface area contributed by atoms with Gasteiger partial charge >= 0.3 is 6.03 Å². The van der Waals surface area contributed by atoms with Crippen molar-refractivity contribution in [1.82, 2.24) is 46.4 Å². The molecule has 22 heteroatoms. The molecule has 5 atom stereocenters. The third-order valence-electron chi connectivity index (χ3n) is 14.7. The number of hydrogen-bond donors (Lipinski definition) is 8. The highest BCUT2D eigenvalue weighted by Gasteiger charge is 2.47. The van der Waals surface area contributed by atoms with Crippen LogP contribution in [0.5, 0.6) is 0 Å². The number of rotatable bonds is 30. The summed E-state index contributed by atoms with van der Waals surface area (Å²) in [6.45, 7) is 18.6. The summed E-state index contributed by atoms with van der Waals surface area (Å²) in [7, 11) is -0.964. The van der Waals surface area contributed by atoms with Gasteiger partial charge in [0.05, 0.1) is 23.4 Å². The first kappa shape index (κ1) is 65.6. The molecule has 0 spiro atoms. The third-order valence-corrected chi connectivity index (χ3v) is 15.9. The minimum Gasteiger partial charge on any atom is -0.352 e. The zero-order valence-corrected chi connectivity index (χ0v) is 49.4. The highest BCUT2D eigenvalue weighted by Crippen LogP contribution is 2.45. The summed E-state index contributed by atoms with van der Waals surface area (Å²) in [4.78, 5) is 120. The molecule has 0 aromatic heterocycles. The zero-order valence-electron chi connectivity index (χ0n) is 48.6. The zero-order chi connectivity index (χ0) is 59.9. The lowest BCUT2D eigenvalue weighted by Crippen LogP contribution is -2.61. The fourth-order valence-electron chi connectivity index (χ4n) is 9.71. The molecule has 9 N–H and O–H groups in total. The van der Waals surface area contributed by atoms with Gasteiger partial charge in [-0.3, -0.25) is 43.3 Å². The van der Waals surface area contributed by atoms with Gasteiger partial charge in [-0.25, -0.2) is 17.9 Å². The third kappa shape index (κ3) is 18.6. The number of carbonyl (C=O) groups excluding carboxylic acids is 9. The number of unbranched alkanes of at least 4 members (excludes halogenated alkanes) is 2. The topological polar surface area (TPSA) is 304 Å². The van der Waals surface area contributed by atoms with Crippen LogP contribution in [0.3, 0.4) is 0 Å². The van der Waals surface area contributed by atoms with Crippen molar-refractivity contribution in [3.05, 3.63) is 95.1 Å². The van der Waals surface area contributed by atoms with Crippen LogP contribution in [0.15, 0.2) is 78.4 Å². The Balaban J connectivity index is 1.39. The van der Waals surface area contributed by atoms with Crippen molar-refractivity contribution >= 4 is 63.3 Å². The second-order valence-corrected chi connectivity index (χ2v) is 25.1. The van der Waals surface area contributed by atoms with Gasteiger partial charge in [0.2, 0.25) is 39.6 Å². The van der Waals surface area contributed by atoms with Gasteiger partial charge in [0.1, 0.15) is 18.1 Å². The first-order valence-electron chi connectivity index (χ1n) is 27.4. The molecule has 2 aromatic rings. The monoisotopic (exact) mass is 1130 g/mol. The smallest absolute Gasteiger partial charge is 0.312 e. The van der Waals surface area contributed by atoms with E-state index in [-0.39, 0.29) is 73.4 Å². The van der Waals surface area contributed by atoms with Crippen molar-refractivity contribution in [2.24, 2.45) is 23.0 Å². The fourth-order valence-corrected chi connectivity index (χ4v) is 10.9. The standard InChI is InChI=1S/C58H86N10O11S/c1-36(2)43(67(12)54(76)49(56(6,7)8)64-53(75)48(60-11)57(9,10)40-20-15-13-16-21-40)34-38(5)50(72)66-80(78,79)35-39-24-26-41(27-25-39)58(30-31-58)65-51(73)42(22-19-32-61-55(59)77)62-52(74)47(37(3)4)63-44(69)23-17-14-18-33-68-45(70)28-29-46(68)71/h13,15-16,20-21,24-29,34,36-37,42-43,47-49,60H,14,17-19,22-23,30-33,35H2,1-12H3,(H,62,74)(H,63,69)(H,64,75)(H,65,73)(H,66,72)(H3,59,61,77). The average Bonchev–Trinajstić information content (AvgIpc) is 4.09. The second-order valence-electron chi connectivity index (χ2n) is 23.4. The molecule has 1 saturated carbocycles. The van der Waals surface area contributed by atoms with E-state index in [9.17, 15) is 51.6 Å². The van der Waals surface area contributed by atoms with Crippen LogP contribution in [0.4, 0.5) is 4.79 Å². The van der Waals surface area contributed by atoms with Crippen molar-refractivity contribution in [2.45, 2.75) is 168 Å². The molecule has 0 radical (unpaired) electrons. The number of primary amides is 1. The molecule has 21 nitrogen and oxygen atoms in total. The Bertz CT molecular complexity index is 2710. The Morgan fingerprint density at radius 3 is 1.93 bits per heavy atom. The maximum Gasteiger partial charge on any atom is 0.312 e. The largest absolute Gasteiger partial charge is 0.352 e. The van der Waals surface area contributed by atoms with E-state index in [0.29, 0.717) is 43.2 Å². The van der Waals surface area contributed by atoms with Gasteiger partial charge in [-0.1, -0.05) is 129 Å². The lowest BCUT2D eigenvalue weighted by molar-refractivity contribution is -0.141. The van der Waals surface area contributed by atoms with Gasteiger partial charge in [0.25, 0.3) is 17.7 Å². The number of imide groups is 1. The number of hydrogen-bond acceptors (Lipinski definition) is 12. The molecule has 2 aliphatic rings. The van der Waals surface area contributed by atoms with E-state index in [1.807, 2.05) is 78.8 Å². The summed E-state index contributed by atoms with van der Waals surface area (Å²) in [5.41, 5.74) is 5.08. The van der Waals surface area contributed by atoms with Gasteiger partial charge in [0, 0.05) is 49.7 Å².